The highest BCUT2D eigenvalue weighted by molar-refractivity contribution is 5.93. The van der Waals surface area contributed by atoms with Crippen LogP contribution < -0.4 is 10.6 Å². The molecule has 0 bridgehead atoms. The number of carbonyl (C=O) groups excluding carboxylic acids is 2. The van der Waals surface area contributed by atoms with E-state index in [0.717, 1.165) is 72.9 Å². The fourth-order valence-electron chi connectivity index (χ4n) is 6.91. The molecule has 3 amide bonds. The van der Waals surface area contributed by atoms with Crippen LogP contribution in [0.3, 0.4) is 0 Å². The Hall–Kier alpha value is -4.20. The van der Waals surface area contributed by atoms with Gasteiger partial charge in [0.05, 0.1) is 23.1 Å². The normalized spacial score (nSPS) is 19.3. The summed E-state index contributed by atoms with van der Waals surface area (Å²) < 4.78 is 0. The van der Waals surface area contributed by atoms with Crippen molar-refractivity contribution in [1.82, 2.24) is 15.2 Å². The van der Waals surface area contributed by atoms with Crippen LogP contribution in [-0.4, -0.2) is 45.0 Å². The number of nitrogens with zero attached hydrogens (tertiary/aromatic N) is 2. The summed E-state index contributed by atoms with van der Waals surface area (Å²) in [4.78, 5) is 43.4. The van der Waals surface area contributed by atoms with Crippen molar-refractivity contribution in [3.05, 3.63) is 72.4 Å². The van der Waals surface area contributed by atoms with Crippen LogP contribution >= 0.6 is 0 Å². The lowest BCUT2D eigenvalue weighted by atomic mass is 9.71. The van der Waals surface area contributed by atoms with Gasteiger partial charge >= 0.3 is 6.09 Å². The molecule has 43 heavy (non-hydrogen) atoms. The monoisotopic (exact) mass is 582 g/mol. The number of rotatable bonds is 9. The number of hydrogen-bond acceptors (Lipinski definition) is 4. The van der Waals surface area contributed by atoms with Crippen molar-refractivity contribution in [1.29, 1.82) is 0 Å². The zero-order valence-electron chi connectivity index (χ0n) is 25.3. The van der Waals surface area contributed by atoms with E-state index in [1.165, 1.54) is 0 Å². The van der Waals surface area contributed by atoms with E-state index in [4.69, 9.17) is 4.98 Å². The maximum Gasteiger partial charge on any atom is 0.405 e. The Bertz CT molecular complexity index is 1440. The van der Waals surface area contributed by atoms with Gasteiger partial charge in [-0.05, 0) is 81.9 Å². The molecule has 0 spiro atoms. The van der Waals surface area contributed by atoms with E-state index in [9.17, 15) is 19.5 Å². The molecule has 8 nitrogen and oxygen atoms in total. The van der Waals surface area contributed by atoms with E-state index < -0.39 is 11.6 Å². The summed E-state index contributed by atoms with van der Waals surface area (Å²) in [7, 11) is 0. The van der Waals surface area contributed by atoms with Gasteiger partial charge in [0, 0.05) is 36.6 Å². The standard InChI is InChI=1S/C35H42N4O4/c1-23(2)39(24(3)40)30-16-10-25(11-17-30)20-32(41)37-29-21-31(26-8-5-4-6-9-26)33(36-22-29)27-12-14-28(15-13-27)35(18-7-19-35)38-34(42)43/h4-6,8-9,12-15,21-23,25,30,38H,7,10-11,16-20H2,1-3H3,(H,37,41)(H,42,43). The number of pyridine rings is 1. The van der Waals surface area contributed by atoms with Crippen molar-refractivity contribution >= 4 is 23.6 Å². The molecule has 2 aliphatic carbocycles. The van der Waals surface area contributed by atoms with Gasteiger partial charge in [-0.3, -0.25) is 14.6 Å². The summed E-state index contributed by atoms with van der Waals surface area (Å²) in [6, 6.07) is 20.4. The van der Waals surface area contributed by atoms with E-state index in [2.05, 4.69) is 24.5 Å². The lowest BCUT2D eigenvalue weighted by Gasteiger charge is -2.42. The number of benzene rings is 2. The Morgan fingerprint density at radius 2 is 1.65 bits per heavy atom. The minimum Gasteiger partial charge on any atom is -0.465 e. The third-order valence-corrected chi connectivity index (χ3v) is 9.12. The second kappa shape index (κ2) is 13.0. The van der Waals surface area contributed by atoms with Crippen LogP contribution in [0.15, 0.2) is 66.9 Å². The van der Waals surface area contributed by atoms with Gasteiger partial charge in [-0.25, -0.2) is 4.79 Å². The fraction of sp³-hybridized carbons (Fsp3) is 0.429. The molecule has 226 valence electrons. The number of hydrogen-bond donors (Lipinski definition) is 3. The van der Waals surface area contributed by atoms with Gasteiger partial charge in [-0.15, -0.1) is 0 Å². The molecule has 0 unspecified atom stereocenters. The van der Waals surface area contributed by atoms with Crippen molar-refractivity contribution in [2.45, 2.75) is 89.8 Å². The molecule has 2 aromatic carbocycles. The first kappa shape index (κ1) is 30.3. The minimum absolute atomic E-state index is 0.0228. The molecule has 3 aromatic rings. The van der Waals surface area contributed by atoms with Crippen LogP contribution in [0.1, 0.15) is 77.7 Å². The van der Waals surface area contributed by atoms with E-state index in [0.29, 0.717) is 18.0 Å². The molecule has 0 atom stereocenters. The van der Waals surface area contributed by atoms with Crippen LogP contribution in [0.25, 0.3) is 22.4 Å². The predicted molar refractivity (Wildman–Crippen MR) is 168 cm³/mol. The smallest absolute Gasteiger partial charge is 0.405 e. The topological polar surface area (TPSA) is 112 Å². The van der Waals surface area contributed by atoms with Gasteiger partial charge in [-0.2, -0.15) is 0 Å². The first-order valence-corrected chi connectivity index (χ1v) is 15.4. The summed E-state index contributed by atoms with van der Waals surface area (Å²) in [5.74, 6) is 0.395. The molecule has 0 aliphatic heterocycles. The van der Waals surface area contributed by atoms with E-state index in [1.807, 2.05) is 65.6 Å². The largest absolute Gasteiger partial charge is 0.465 e. The Kier molecular flexibility index (Phi) is 9.14. The van der Waals surface area contributed by atoms with Crippen LogP contribution in [0.4, 0.5) is 10.5 Å². The van der Waals surface area contributed by atoms with Crippen LogP contribution in [0.5, 0.6) is 0 Å². The molecule has 2 fully saturated rings. The SMILES string of the molecule is CC(=O)N(C(C)C)C1CCC(CC(=O)Nc2cnc(-c3ccc(C4(NC(=O)O)CCC4)cc3)c(-c3ccccc3)c2)CC1. The molecule has 1 aromatic heterocycles. The van der Waals surface area contributed by atoms with Crippen LogP contribution in [-0.2, 0) is 15.1 Å². The maximum atomic E-state index is 13.1. The number of carboxylic acid groups (broad SMARTS) is 1. The van der Waals surface area contributed by atoms with Gasteiger partial charge in [-0.1, -0.05) is 54.6 Å². The molecule has 2 saturated carbocycles. The van der Waals surface area contributed by atoms with Crippen molar-refractivity contribution in [2.75, 3.05) is 5.32 Å². The molecule has 0 saturated heterocycles. The minimum atomic E-state index is -1.01. The first-order valence-electron chi connectivity index (χ1n) is 15.4. The summed E-state index contributed by atoms with van der Waals surface area (Å²) in [5.41, 5.74) is 4.71. The predicted octanol–water partition coefficient (Wildman–Crippen LogP) is 7.21. The second-order valence-corrected chi connectivity index (χ2v) is 12.4. The Morgan fingerprint density at radius 3 is 2.21 bits per heavy atom. The Morgan fingerprint density at radius 1 is 0.977 bits per heavy atom. The molecule has 5 rings (SSSR count). The lowest BCUT2D eigenvalue weighted by molar-refractivity contribution is -0.134. The lowest BCUT2D eigenvalue weighted by Crippen LogP contribution is -2.50. The quantitative estimate of drug-likeness (QED) is 0.247. The van der Waals surface area contributed by atoms with E-state index in [-0.39, 0.29) is 23.9 Å². The van der Waals surface area contributed by atoms with E-state index >= 15 is 0 Å². The number of nitrogens with one attached hydrogen (secondary N) is 2. The molecule has 8 heteroatoms. The average Bonchev–Trinajstić information content (AvgIpc) is 2.96. The highest BCUT2D eigenvalue weighted by Gasteiger charge is 2.40. The van der Waals surface area contributed by atoms with Gasteiger partial charge in [0.1, 0.15) is 0 Å². The zero-order valence-corrected chi connectivity index (χ0v) is 25.3. The zero-order chi connectivity index (χ0) is 30.6. The first-order chi connectivity index (χ1) is 20.6. The van der Waals surface area contributed by atoms with Crippen molar-refractivity contribution in [3.8, 4) is 22.4 Å². The van der Waals surface area contributed by atoms with Gasteiger partial charge in [0.15, 0.2) is 0 Å². The number of amides is 3. The average molecular weight is 583 g/mol. The van der Waals surface area contributed by atoms with Crippen LogP contribution in [0, 0.1) is 5.92 Å². The number of aromatic nitrogens is 1. The molecule has 3 N–H and O–H groups in total. The van der Waals surface area contributed by atoms with Crippen molar-refractivity contribution < 1.29 is 19.5 Å². The summed E-state index contributed by atoms with van der Waals surface area (Å²) in [6.07, 6.45) is 7.43. The highest BCUT2D eigenvalue weighted by Crippen LogP contribution is 2.42. The Labute approximate surface area is 253 Å². The van der Waals surface area contributed by atoms with Crippen molar-refractivity contribution in [2.24, 2.45) is 5.92 Å². The fourth-order valence-corrected chi connectivity index (χ4v) is 6.91. The van der Waals surface area contributed by atoms with Crippen molar-refractivity contribution in [3.63, 3.8) is 0 Å². The molecular weight excluding hydrogens is 540 g/mol. The molecule has 0 radical (unpaired) electrons. The summed E-state index contributed by atoms with van der Waals surface area (Å²) >= 11 is 0. The van der Waals surface area contributed by atoms with Crippen LogP contribution in [0.2, 0.25) is 0 Å². The van der Waals surface area contributed by atoms with E-state index in [1.54, 1.807) is 13.1 Å². The molecule has 1 heterocycles. The molecular formula is C35H42N4O4. The number of carbonyl (C=O) groups is 3. The van der Waals surface area contributed by atoms with Gasteiger partial charge < -0.3 is 20.6 Å². The Balaban J connectivity index is 1.30. The number of anilines is 1. The van der Waals surface area contributed by atoms with Gasteiger partial charge in [0.25, 0.3) is 0 Å². The third kappa shape index (κ3) is 6.90. The second-order valence-electron chi connectivity index (χ2n) is 12.4. The maximum absolute atomic E-state index is 13.1. The molecule has 2 aliphatic rings. The highest BCUT2D eigenvalue weighted by atomic mass is 16.4. The van der Waals surface area contributed by atoms with Gasteiger partial charge in [0.2, 0.25) is 11.8 Å². The summed E-state index contributed by atoms with van der Waals surface area (Å²) in [5, 5.41) is 15.2. The third-order valence-electron chi connectivity index (χ3n) is 9.12. The summed E-state index contributed by atoms with van der Waals surface area (Å²) in [6.45, 7) is 5.76.